The normalized spacial score (nSPS) is 17.7. The van der Waals surface area contributed by atoms with Crippen molar-refractivity contribution in [1.82, 2.24) is 10.6 Å². The molecule has 0 aliphatic heterocycles. The Balaban J connectivity index is 2.01. The Kier molecular flexibility index (Phi) is 7.98. The van der Waals surface area contributed by atoms with E-state index in [1.165, 1.54) is 7.11 Å². The maximum Gasteiger partial charge on any atom is 0.306 e. The molecule has 1 aromatic rings. The molecule has 7 nitrogen and oxygen atoms in total. The van der Waals surface area contributed by atoms with Crippen LogP contribution < -0.4 is 10.6 Å². The van der Waals surface area contributed by atoms with Crippen LogP contribution in [0.15, 0.2) is 30.3 Å². The molecule has 0 saturated heterocycles. The SMILES string of the molecule is COC(=O)CCC(=O)N[C@@H](Cc1ccccc1)C(=O)N[C@H]1CCCCC1=O. The summed E-state index contributed by atoms with van der Waals surface area (Å²) in [6, 6.07) is 8.01. The van der Waals surface area contributed by atoms with Gasteiger partial charge in [-0.3, -0.25) is 19.2 Å². The number of ketones is 1. The van der Waals surface area contributed by atoms with Crippen molar-refractivity contribution in [2.24, 2.45) is 0 Å². The molecule has 0 unspecified atom stereocenters. The lowest BCUT2D eigenvalue weighted by Crippen LogP contribution is -2.53. The summed E-state index contributed by atoms with van der Waals surface area (Å²) in [7, 11) is 1.26. The summed E-state index contributed by atoms with van der Waals surface area (Å²) in [5.74, 6) is -1.25. The first-order chi connectivity index (χ1) is 13.0. The first-order valence-corrected chi connectivity index (χ1v) is 9.22. The van der Waals surface area contributed by atoms with Gasteiger partial charge in [0.05, 0.1) is 19.6 Å². The molecule has 2 amide bonds. The number of hydrogen-bond acceptors (Lipinski definition) is 5. The van der Waals surface area contributed by atoms with Gasteiger partial charge in [-0.25, -0.2) is 0 Å². The maximum absolute atomic E-state index is 12.7. The number of esters is 1. The van der Waals surface area contributed by atoms with Crippen molar-refractivity contribution in [3.63, 3.8) is 0 Å². The number of rotatable bonds is 8. The summed E-state index contributed by atoms with van der Waals surface area (Å²) in [5.41, 5.74) is 0.890. The van der Waals surface area contributed by atoms with Gasteiger partial charge in [-0.2, -0.15) is 0 Å². The van der Waals surface area contributed by atoms with Gasteiger partial charge in [-0.05, 0) is 18.4 Å². The van der Waals surface area contributed by atoms with Crippen LogP contribution >= 0.6 is 0 Å². The minimum absolute atomic E-state index is 0.0325. The third kappa shape index (κ3) is 6.84. The zero-order chi connectivity index (χ0) is 19.6. The minimum atomic E-state index is -0.813. The summed E-state index contributed by atoms with van der Waals surface area (Å²) in [5, 5.41) is 5.45. The average Bonchev–Trinajstić information content (AvgIpc) is 2.68. The third-order valence-electron chi connectivity index (χ3n) is 4.59. The molecular weight excluding hydrogens is 348 g/mol. The topological polar surface area (TPSA) is 102 Å². The summed E-state index contributed by atoms with van der Waals surface area (Å²) < 4.78 is 4.53. The van der Waals surface area contributed by atoms with E-state index in [0.717, 1.165) is 18.4 Å². The Morgan fingerprint density at radius 3 is 2.56 bits per heavy atom. The molecule has 0 bridgehead atoms. The molecule has 2 rings (SSSR count). The van der Waals surface area contributed by atoms with Gasteiger partial charge in [-0.1, -0.05) is 36.8 Å². The van der Waals surface area contributed by atoms with E-state index in [4.69, 9.17) is 0 Å². The van der Waals surface area contributed by atoms with Crippen molar-refractivity contribution >= 4 is 23.6 Å². The maximum atomic E-state index is 12.7. The number of nitrogens with one attached hydrogen (secondary N) is 2. The fourth-order valence-electron chi connectivity index (χ4n) is 3.05. The number of ether oxygens (including phenoxy) is 1. The largest absolute Gasteiger partial charge is 0.469 e. The van der Waals surface area contributed by atoms with Crippen LogP contribution in [0, 0.1) is 0 Å². The first-order valence-electron chi connectivity index (χ1n) is 9.22. The molecule has 1 aliphatic carbocycles. The van der Waals surface area contributed by atoms with E-state index in [1.54, 1.807) is 0 Å². The lowest BCUT2D eigenvalue weighted by molar-refractivity contribution is -0.142. The first kappa shape index (κ1) is 20.6. The van der Waals surface area contributed by atoms with Gasteiger partial charge in [0.15, 0.2) is 5.78 Å². The van der Waals surface area contributed by atoms with E-state index in [1.807, 2.05) is 30.3 Å². The molecule has 1 fully saturated rings. The second kappa shape index (κ2) is 10.4. The molecule has 0 radical (unpaired) electrons. The second-order valence-corrected chi connectivity index (χ2v) is 6.66. The van der Waals surface area contributed by atoms with Crippen LogP contribution in [-0.2, 0) is 30.3 Å². The molecule has 1 saturated carbocycles. The summed E-state index contributed by atoms with van der Waals surface area (Å²) >= 11 is 0. The molecule has 1 aliphatic rings. The van der Waals surface area contributed by atoms with E-state index in [9.17, 15) is 19.2 Å². The fraction of sp³-hybridized carbons (Fsp3) is 0.500. The predicted molar refractivity (Wildman–Crippen MR) is 98.7 cm³/mol. The predicted octanol–water partition coefficient (Wildman–Crippen LogP) is 1.29. The van der Waals surface area contributed by atoms with Crippen LogP contribution in [0.3, 0.4) is 0 Å². The van der Waals surface area contributed by atoms with Gasteiger partial charge in [0.2, 0.25) is 11.8 Å². The van der Waals surface area contributed by atoms with Gasteiger partial charge in [-0.15, -0.1) is 0 Å². The Hall–Kier alpha value is -2.70. The molecule has 7 heteroatoms. The molecule has 0 spiro atoms. The van der Waals surface area contributed by atoms with Crippen LogP contribution in [0.25, 0.3) is 0 Å². The number of methoxy groups -OCH3 is 1. The standard InChI is InChI=1S/C20H26N2O5/c1-27-19(25)12-11-18(24)21-16(13-14-7-3-2-4-8-14)20(26)22-15-9-5-6-10-17(15)23/h2-4,7-8,15-16H,5-6,9-13H2,1H3,(H,21,24)(H,22,26)/t15-,16-/m0/s1. The van der Waals surface area contributed by atoms with Gasteiger partial charge in [0, 0.05) is 19.3 Å². The number of Topliss-reactive ketones (excluding diaryl/α,β-unsaturated/α-hetero) is 1. The van der Waals surface area contributed by atoms with Gasteiger partial charge < -0.3 is 15.4 Å². The lowest BCUT2D eigenvalue weighted by Gasteiger charge is -2.25. The second-order valence-electron chi connectivity index (χ2n) is 6.66. The average molecular weight is 374 g/mol. The van der Waals surface area contributed by atoms with Gasteiger partial charge >= 0.3 is 5.97 Å². The highest BCUT2D eigenvalue weighted by Crippen LogP contribution is 2.15. The number of hydrogen-bond donors (Lipinski definition) is 2. The highest BCUT2D eigenvalue weighted by atomic mass is 16.5. The van der Waals surface area contributed by atoms with E-state index < -0.39 is 24.0 Å². The molecular formula is C20H26N2O5. The molecule has 0 heterocycles. The van der Waals surface area contributed by atoms with E-state index in [2.05, 4.69) is 15.4 Å². The van der Waals surface area contributed by atoms with Crippen LogP contribution in [-0.4, -0.2) is 42.8 Å². The van der Waals surface area contributed by atoms with Crippen molar-refractivity contribution in [1.29, 1.82) is 0 Å². The number of carbonyl (C=O) groups excluding carboxylic acids is 4. The number of amides is 2. The van der Waals surface area contributed by atoms with Crippen LogP contribution in [0.2, 0.25) is 0 Å². The Bertz CT molecular complexity index is 674. The third-order valence-corrected chi connectivity index (χ3v) is 4.59. The zero-order valence-corrected chi connectivity index (χ0v) is 15.5. The monoisotopic (exact) mass is 374 g/mol. The smallest absolute Gasteiger partial charge is 0.306 e. The Labute approximate surface area is 158 Å². The number of carbonyl (C=O) groups is 4. The van der Waals surface area contributed by atoms with E-state index in [-0.39, 0.29) is 24.5 Å². The lowest BCUT2D eigenvalue weighted by atomic mass is 9.93. The van der Waals surface area contributed by atoms with E-state index >= 15 is 0 Å². The minimum Gasteiger partial charge on any atom is -0.469 e. The highest BCUT2D eigenvalue weighted by Gasteiger charge is 2.28. The molecule has 1 aromatic carbocycles. The molecule has 27 heavy (non-hydrogen) atoms. The summed E-state index contributed by atoms with van der Waals surface area (Å²) in [4.78, 5) is 48.1. The summed E-state index contributed by atoms with van der Waals surface area (Å²) in [6.07, 6.45) is 3.03. The molecule has 2 N–H and O–H groups in total. The van der Waals surface area contributed by atoms with Gasteiger partial charge in [0.1, 0.15) is 6.04 Å². The Morgan fingerprint density at radius 1 is 1.15 bits per heavy atom. The zero-order valence-electron chi connectivity index (χ0n) is 15.5. The quantitative estimate of drug-likeness (QED) is 0.668. The Morgan fingerprint density at radius 2 is 1.89 bits per heavy atom. The van der Waals surface area contributed by atoms with Crippen molar-refractivity contribution in [3.05, 3.63) is 35.9 Å². The van der Waals surface area contributed by atoms with Crippen molar-refractivity contribution in [3.8, 4) is 0 Å². The van der Waals surface area contributed by atoms with Crippen molar-refractivity contribution in [2.75, 3.05) is 7.11 Å². The molecule has 0 aromatic heterocycles. The van der Waals surface area contributed by atoms with Crippen LogP contribution in [0.4, 0.5) is 0 Å². The fourth-order valence-corrected chi connectivity index (χ4v) is 3.05. The van der Waals surface area contributed by atoms with E-state index in [0.29, 0.717) is 19.3 Å². The molecule has 146 valence electrons. The number of benzene rings is 1. The van der Waals surface area contributed by atoms with Gasteiger partial charge in [0.25, 0.3) is 0 Å². The van der Waals surface area contributed by atoms with Crippen molar-refractivity contribution in [2.45, 2.75) is 57.0 Å². The van der Waals surface area contributed by atoms with Crippen LogP contribution in [0.1, 0.15) is 44.1 Å². The van der Waals surface area contributed by atoms with Crippen LogP contribution in [0.5, 0.6) is 0 Å². The highest BCUT2D eigenvalue weighted by molar-refractivity contribution is 5.93. The van der Waals surface area contributed by atoms with Crippen molar-refractivity contribution < 1.29 is 23.9 Å². The summed E-state index contributed by atoms with van der Waals surface area (Å²) in [6.45, 7) is 0. The molecule has 2 atom stereocenters.